The van der Waals surface area contributed by atoms with Crippen molar-refractivity contribution in [2.75, 3.05) is 18.5 Å². The van der Waals surface area contributed by atoms with Gasteiger partial charge in [-0.1, -0.05) is 42.5 Å². The number of anilines is 1. The summed E-state index contributed by atoms with van der Waals surface area (Å²) in [7, 11) is 0. The molecule has 3 amide bonds. The Morgan fingerprint density at radius 3 is 2.39 bits per heavy atom. The molecule has 0 aromatic heterocycles. The molecule has 1 saturated heterocycles. The normalized spacial score (nSPS) is 16.8. The number of nitrogens with zero attached hydrogens (tertiary/aromatic N) is 1. The van der Waals surface area contributed by atoms with Crippen LogP contribution in [-0.2, 0) is 16.0 Å². The van der Waals surface area contributed by atoms with Crippen molar-refractivity contribution >= 4 is 34.7 Å². The van der Waals surface area contributed by atoms with Gasteiger partial charge in [-0.2, -0.15) is 0 Å². The Morgan fingerprint density at radius 2 is 1.82 bits per heavy atom. The molecule has 8 nitrogen and oxygen atoms in total. The molecule has 0 radical (unpaired) electrons. The van der Waals surface area contributed by atoms with Gasteiger partial charge in [0.25, 0.3) is 11.1 Å². The molecule has 1 fully saturated rings. The minimum Gasteiger partial charge on any atom is -0.449 e. The van der Waals surface area contributed by atoms with E-state index in [1.807, 2.05) is 75.4 Å². The third-order valence-electron chi connectivity index (χ3n) is 5.13. The average Bonchev–Trinajstić information content (AvgIpc) is 3.09. The first kappa shape index (κ1) is 24.6. The Morgan fingerprint density at radius 1 is 1.15 bits per heavy atom. The minimum absolute atomic E-state index is 0.127. The van der Waals surface area contributed by atoms with Crippen molar-refractivity contribution in [3.63, 3.8) is 0 Å². The number of carbonyl (C=O) groups excluding carboxylic acids is 3. The van der Waals surface area contributed by atoms with Crippen LogP contribution < -0.4 is 10.6 Å². The monoisotopic (exact) mass is 471 g/mol. The summed E-state index contributed by atoms with van der Waals surface area (Å²) in [6.07, 6.45) is -0.777. The van der Waals surface area contributed by atoms with E-state index in [0.717, 1.165) is 22.9 Å². The van der Waals surface area contributed by atoms with Gasteiger partial charge in [0.15, 0.2) is 5.37 Å². The van der Waals surface area contributed by atoms with Gasteiger partial charge in [0.1, 0.15) is 0 Å². The molecule has 1 aliphatic rings. The van der Waals surface area contributed by atoms with Crippen molar-refractivity contribution in [2.45, 2.75) is 44.2 Å². The number of amides is 3. The second-order valence-corrected chi connectivity index (χ2v) is 9.77. The molecule has 0 aliphatic carbocycles. The summed E-state index contributed by atoms with van der Waals surface area (Å²) in [5.41, 5.74) is 1.89. The highest BCUT2D eigenvalue weighted by atomic mass is 32.2. The molecule has 2 unspecified atom stereocenters. The van der Waals surface area contributed by atoms with E-state index in [1.165, 1.54) is 4.90 Å². The standard InChI is InChI=1S/C24H29N3O5S/c1-24(2,3)27(15-19(28)17-7-5-4-6-8-17)23(31)32-14-13-16-9-11-18(12-10-16)25-21-20(29)26-22(30)33-21/h4-12,19,21,25,28H,13-15H2,1-3H3,(H,26,29,30). The summed E-state index contributed by atoms with van der Waals surface area (Å²) in [6, 6.07) is 16.6. The molecule has 33 heavy (non-hydrogen) atoms. The fourth-order valence-corrected chi connectivity index (χ4v) is 4.01. The van der Waals surface area contributed by atoms with Gasteiger partial charge in [-0.25, -0.2) is 4.79 Å². The zero-order valence-electron chi connectivity index (χ0n) is 18.9. The number of hydrogen-bond donors (Lipinski definition) is 3. The summed E-state index contributed by atoms with van der Waals surface area (Å²) in [5.74, 6) is -0.359. The maximum absolute atomic E-state index is 12.8. The Labute approximate surface area is 197 Å². The van der Waals surface area contributed by atoms with Crippen LogP contribution in [0.3, 0.4) is 0 Å². The zero-order valence-corrected chi connectivity index (χ0v) is 19.7. The van der Waals surface area contributed by atoms with Crippen LogP contribution in [0.1, 0.15) is 38.0 Å². The Hall–Kier alpha value is -3.04. The highest BCUT2D eigenvalue weighted by Crippen LogP contribution is 2.23. The molecular formula is C24H29N3O5S. The second kappa shape index (κ2) is 10.7. The van der Waals surface area contributed by atoms with Gasteiger partial charge in [0, 0.05) is 17.6 Å². The highest BCUT2D eigenvalue weighted by Gasteiger charge is 2.32. The lowest BCUT2D eigenvalue weighted by atomic mass is 10.0. The fraction of sp³-hybridized carbons (Fsp3) is 0.375. The maximum Gasteiger partial charge on any atom is 0.410 e. The highest BCUT2D eigenvalue weighted by molar-refractivity contribution is 8.15. The Kier molecular flexibility index (Phi) is 7.99. The lowest BCUT2D eigenvalue weighted by molar-refractivity contribution is -0.118. The van der Waals surface area contributed by atoms with E-state index in [-0.39, 0.29) is 24.3 Å². The van der Waals surface area contributed by atoms with Crippen molar-refractivity contribution in [3.8, 4) is 0 Å². The largest absolute Gasteiger partial charge is 0.449 e. The van der Waals surface area contributed by atoms with E-state index in [4.69, 9.17) is 4.74 Å². The number of ether oxygens (including phenoxy) is 1. The van der Waals surface area contributed by atoms with E-state index >= 15 is 0 Å². The van der Waals surface area contributed by atoms with Crippen LogP contribution in [0.2, 0.25) is 0 Å². The summed E-state index contributed by atoms with van der Waals surface area (Å²) in [5, 5.41) is 14.8. The number of hydrogen-bond acceptors (Lipinski definition) is 7. The lowest BCUT2D eigenvalue weighted by Gasteiger charge is -2.36. The minimum atomic E-state index is -0.812. The van der Waals surface area contributed by atoms with Crippen LogP contribution >= 0.6 is 11.8 Å². The molecule has 0 bridgehead atoms. The quantitative estimate of drug-likeness (QED) is 0.535. The van der Waals surface area contributed by atoms with Gasteiger partial charge in [-0.05, 0) is 55.8 Å². The first-order chi connectivity index (χ1) is 15.6. The third-order valence-corrected chi connectivity index (χ3v) is 6.01. The molecule has 0 saturated carbocycles. The number of thioether (sulfide) groups is 1. The first-order valence-corrected chi connectivity index (χ1v) is 11.6. The van der Waals surface area contributed by atoms with Crippen molar-refractivity contribution in [2.24, 2.45) is 0 Å². The molecule has 0 spiro atoms. The molecule has 1 heterocycles. The molecule has 2 atom stereocenters. The van der Waals surface area contributed by atoms with E-state index in [9.17, 15) is 19.5 Å². The Bertz CT molecular complexity index is 976. The molecular weight excluding hydrogens is 442 g/mol. The van der Waals surface area contributed by atoms with Crippen molar-refractivity contribution in [3.05, 3.63) is 65.7 Å². The summed E-state index contributed by atoms with van der Waals surface area (Å²) in [6.45, 7) is 6.01. The van der Waals surface area contributed by atoms with Crippen LogP contribution in [0.15, 0.2) is 54.6 Å². The van der Waals surface area contributed by atoms with Crippen LogP contribution in [0.4, 0.5) is 15.3 Å². The van der Waals surface area contributed by atoms with Crippen LogP contribution in [0.5, 0.6) is 0 Å². The number of β-amino-alcohol motifs (C(OH)–C–C–N with tert-alkyl or cyclic N) is 1. The SMILES string of the molecule is CC(C)(C)N(CC(O)c1ccccc1)C(=O)OCCc1ccc(NC2SC(=O)NC2=O)cc1. The summed E-state index contributed by atoms with van der Waals surface area (Å²) < 4.78 is 5.50. The van der Waals surface area contributed by atoms with Crippen LogP contribution in [0, 0.1) is 0 Å². The number of aliphatic hydroxyl groups excluding tert-OH is 1. The van der Waals surface area contributed by atoms with Gasteiger partial charge >= 0.3 is 6.09 Å². The third kappa shape index (κ3) is 6.97. The number of imide groups is 1. The van der Waals surface area contributed by atoms with E-state index in [0.29, 0.717) is 12.1 Å². The summed E-state index contributed by atoms with van der Waals surface area (Å²) >= 11 is 0.906. The molecule has 2 aromatic rings. The summed E-state index contributed by atoms with van der Waals surface area (Å²) in [4.78, 5) is 37.2. The number of rotatable bonds is 8. The van der Waals surface area contributed by atoms with E-state index in [2.05, 4.69) is 10.6 Å². The van der Waals surface area contributed by atoms with Gasteiger partial charge in [0.05, 0.1) is 19.3 Å². The van der Waals surface area contributed by atoms with Crippen molar-refractivity contribution in [1.82, 2.24) is 10.2 Å². The predicted octanol–water partition coefficient (Wildman–Crippen LogP) is 3.92. The predicted molar refractivity (Wildman–Crippen MR) is 128 cm³/mol. The number of carbonyl (C=O) groups is 3. The molecule has 9 heteroatoms. The zero-order chi connectivity index (χ0) is 24.0. The molecule has 1 aliphatic heterocycles. The maximum atomic E-state index is 12.8. The van der Waals surface area contributed by atoms with Crippen molar-refractivity contribution < 1.29 is 24.2 Å². The van der Waals surface area contributed by atoms with Gasteiger partial charge in [-0.15, -0.1) is 0 Å². The molecule has 3 N–H and O–H groups in total. The van der Waals surface area contributed by atoms with Gasteiger partial charge in [0.2, 0.25) is 0 Å². The molecule has 3 rings (SSSR count). The van der Waals surface area contributed by atoms with Gasteiger partial charge in [-0.3, -0.25) is 14.9 Å². The van der Waals surface area contributed by atoms with E-state index in [1.54, 1.807) is 0 Å². The van der Waals surface area contributed by atoms with Crippen molar-refractivity contribution in [1.29, 1.82) is 0 Å². The van der Waals surface area contributed by atoms with Gasteiger partial charge < -0.3 is 20.1 Å². The smallest absolute Gasteiger partial charge is 0.410 e. The molecule has 176 valence electrons. The second-order valence-electron chi connectivity index (χ2n) is 8.69. The lowest BCUT2D eigenvalue weighted by Crippen LogP contribution is -2.48. The first-order valence-electron chi connectivity index (χ1n) is 10.7. The van der Waals surface area contributed by atoms with Crippen LogP contribution in [0.25, 0.3) is 0 Å². The molecule has 2 aromatic carbocycles. The Balaban J connectivity index is 1.51. The topological polar surface area (TPSA) is 108 Å². The number of aliphatic hydroxyl groups is 1. The number of nitrogens with one attached hydrogen (secondary N) is 2. The van der Waals surface area contributed by atoms with Crippen LogP contribution in [-0.4, -0.2) is 51.3 Å². The number of benzene rings is 2. The van der Waals surface area contributed by atoms with E-state index < -0.39 is 23.1 Å². The fourth-order valence-electron chi connectivity index (χ4n) is 3.28. The average molecular weight is 472 g/mol.